The summed E-state index contributed by atoms with van der Waals surface area (Å²) in [7, 11) is 0. The number of aliphatic hydroxyl groups excluding tert-OH is 1. The van der Waals surface area contributed by atoms with Crippen LogP contribution in [0.25, 0.3) is 0 Å². The van der Waals surface area contributed by atoms with Gasteiger partial charge in [0.15, 0.2) is 0 Å². The Kier molecular flexibility index (Phi) is 7.29. The van der Waals surface area contributed by atoms with Crippen LogP contribution < -0.4 is 15.4 Å². The van der Waals surface area contributed by atoms with E-state index in [0.717, 1.165) is 5.56 Å². The summed E-state index contributed by atoms with van der Waals surface area (Å²) in [4.78, 5) is 11.9. The van der Waals surface area contributed by atoms with Crippen molar-refractivity contribution < 1.29 is 14.6 Å². The fourth-order valence-corrected chi connectivity index (χ4v) is 2.36. The number of benzene rings is 2. The molecule has 0 radical (unpaired) electrons. The zero-order chi connectivity index (χ0) is 18.1. The average Bonchev–Trinajstić information content (AvgIpc) is 2.60. The van der Waals surface area contributed by atoms with Crippen LogP contribution in [-0.2, 0) is 6.61 Å². The van der Waals surface area contributed by atoms with Crippen molar-refractivity contribution in [2.75, 3.05) is 18.5 Å². The van der Waals surface area contributed by atoms with Crippen LogP contribution in [0.5, 0.6) is 5.75 Å². The number of carbonyl (C=O) groups excluding carboxylic acids is 1. The van der Waals surface area contributed by atoms with Gasteiger partial charge in [0.1, 0.15) is 12.4 Å². The van der Waals surface area contributed by atoms with Gasteiger partial charge in [-0.1, -0.05) is 37.3 Å². The van der Waals surface area contributed by atoms with E-state index in [2.05, 4.69) is 23.6 Å². The Balaban J connectivity index is 1.86. The maximum Gasteiger partial charge on any atom is 0.319 e. The van der Waals surface area contributed by atoms with Gasteiger partial charge in [-0.3, -0.25) is 0 Å². The Morgan fingerprint density at radius 2 is 2.00 bits per heavy atom. The third kappa shape index (κ3) is 6.47. The molecule has 0 aliphatic heterocycles. The third-order valence-corrected chi connectivity index (χ3v) is 3.98. The fraction of sp³-hybridized carbons (Fsp3) is 0.350. The molecule has 0 heterocycles. The van der Waals surface area contributed by atoms with E-state index in [4.69, 9.17) is 9.84 Å². The predicted octanol–water partition coefficient (Wildman–Crippen LogP) is 3.71. The summed E-state index contributed by atoms with van der Waals surface area (Å²) < 4.78 is 5.83. The van der Waals surface area contributed by atoms with E-state index in [-0.39, 0.29) is 18.6 Å². The van der Waals surface area contributed by atoms with Gasteiger partial charge in [0.25, 0.3) is 0 Å². The Morgan fingerprint density at radius 1 is 1.20 bits per heavy atom. The van der Waals surface area contributed by atoms with Crippen LogP contribution in [0.3, 0.4) is 0 Å². The minimum absolute atomic E-state index is 0.130. The zero-order valence-corrected chi connectivity index (χ0v) is 14.8. The molecule has 0 bridgehead atoms. The number of hydrogen-bond acceptors (Lipinski definition) is 3. The summed E-state index contributed by atoms with van der Waals surface area (Å²) in [6.07, 6.45) is 0.669. The number of ether oxygens (including phenoxy) is 1. The second kappa shape index (κ2) is 9.69. The molecule has 1 atom stereocenters. The van der Waals surface area contributed by atoms with Crippen molar-refractivity contribution in [3.63, 3.8) is 0 Å². The molecule has 2 rings (SSSR count). The number of hydrogen-bond donors (Lipinski definition) is 3. The molecule has 25 heavy (non-hydrogen) atoms. The highest BCUT2D eigenvalue weighted by atomic mass is 16.5. The van der Waals surface area contributed by atoms with Crippen molar-refractivity contribution in [1.29, 1.82) is 0 Å². The van der Waals surface area contributed by atoms with Crippen LogP contribution in [0, 0.1) is 12.8 Å². The first-order chi connectivity index (χ1) is 12.1. The van der Waals surface area contributed by atoms with Gasteiger partial charge in [-0.05, 0) is 42.5 Å². The highest BCUT2D eigenvalue weighted by molar-refractivity contribution is 5.89. The summed E-state index contributed by atoms with van der Waals surface area (Å²) in [6, 6.07) is 15.2. The number of amides is 2. The van der Waals surface area contributed by atoms with Crippen molar-refractivity contribution in [3.05, 3.63) is 59.7 Å². The first-order valence-corrected chi connectivity index (χ1v) is 8.51. The highest BCUT2D eigenvalue weighted by Crippen LogP contribution is 2.19. The molecule has 0 saturated carbocycles. The van der Waals surface area contributed by atoms with E-state index in [1.807, 2.05) is 43.3 Å². The van der Waals surface area contributed by atoms with E-state index in [0.29, 0.717) is 31.0 Å². The molecule has 0 aliphatic rings. The maximum atomic E-state index is 11.9. The summed E-state index contributed by atoms with van der Waals surface area (Å²) in [5.74, 6) is 0.939. The smallest absolute Gasteiger partial charge is 0.319 e. The van der Waals surface area contributed by atoms with Gasteiger partial charge in [-0.2, -0.15) is 0 Å². The molecule has 134 valence electrons. The van der Waals surface area contributed by atoms with Crippen LogP contribution in [0.2, 0.25) is 0 Å². The second-order valence-electron chi connectivity index (χ2n) is 6.20. The lowest BCUT2D eigenvalue weighted by atomic mass is 10.1. The standard InChI is InChI=1S/C20H26N2O3/c1-15(10-11-23)13-21-20(24)22-18-8-5-9-19(12-18)25-14-17-7-4-3-6-16(17)2/h3-9,12,15,23H,10-11,13-14H2,1-2H3,(H2,21,22,24). The van der Waals surface area contributed by atoms with Crippen LogP contribution in [0.1, 0.15) is 24.5 Å². The molecular formula is C20H26N2O3. The lowest BCUT2D eigenvalue weighted by Crippen LogP contribution is -2.32. The number of aryl methyl sites for hydroxylation is 1. The molecular weight excluding hydrogens is 316 g/mol. The van der Waals surface area contributed by atoms with Crippen molar-refractivity contribution in [1.82, 2.24) is 5.32 Å². The Labute approximate surface area is 149 Å². The Hall–Kier alpha value is -2.53. The number of aliphatic hydroxyl groups is 1. The normalized spacial score (nSPS) is 11.6. The first kappa shape index (κ1) is 18.8. The quantitative estimate of drug-likeness (QED) is 0.685. The molecule has 3 N–H and O–H groups in total. The van der Waals surface area contributed by atoms with Gasteiger partial charge in [-0.25, -0.2) is 4.79 Å². The topological polar surface area (TPSA) is 70.6 Å². The first-order valence-electron chi connectivity index (χ1n) is 8.51. The van der Waals surface area contributed by atoms with Crippen molar-refractivity contribution >= 4 is 11.7 Å². The molecule has 0 aliphatic carbocycles. The predicted molar refractivity (Wildman–Crippen MR) is 99.8 cm³/mol. The summed E-state index contributed by atoms with van der Waals surface area (Å²) >= 11 is 0. The van der Waals surface area contributed by atoms with E-state index >= 15 is 0 Å². The molecule has 0 fully saturated rings. The third-order valence-electron chi connectivity index (χ3n) is 3.98. The van der Waals surface area contributed by atoms with Gasteiger partial charge >= 0.3 is 6.03 Å². The minimum atomic E-state index is -0.263. The molecule has 2 aromatic carbocycles. The number of carbonyl (C=O) groups is 1. The van der Waals surface area contributed by atoms with Crippen LogP contribution in [0.15, 0.2) is 48.5 Å². The molecule has 0 spiro atoms. The van der Waals surface area contributed by atoms with Crippen molar-refractivity contribution in [3.8, 4) is 5.75 Å². The Bertz CT molecular complexity index is 688. The van der Waals surface area contributed by atoms with E-state index in [1.54, 1.807) is 6.07 Å². The van der Waals surface area contributed by atoms with Gasteiger partial charge in [0.2, 0.25) is 0 Å². The van der Waals surface area contributed by atoms with Gasteiger partial charge < -0.3 is 20.5 Å². The number of rotatable bonds is 8. The van der Waals surface area contributed by atoms with Crippen molar-refractivity contribution in [2.24, 2.45) is 5.92 Å². The van der Waals surface area contributed by atoms with E-state index in [1.165, 1.54) is 5.56 Å². The molecule has 0 saturated heterocycles. The Morgan fingerprint density at radius 3 is 2.76 bits per heavy atom. The van der Waals surface area contributed by atoms with Crippen molar-refractivity contribution in [2.45, 2.75) is 26.9 Å². The maximum absolute atomic E-state index is 11.9. The molecule has 0 aromatic heterocycles. The molecule has 2 amide bonds. The lowest BCUT2D eigenvalue weighted by Gasteiger charge is -2.13. The summed E-state index contributed by atoms with van der Waals surface area (Å²) in [6.45, 7) is 5.18. The van der Waals surface area contributed by atoms with E-state index in [9.17, 15) is 4.79 Å². The molecule has 1 unspecified atom stereocenters. The average molecular weight is 342 g/mol. The minimum Gasteiger partial charge on any atom is -0.489 e. The summed E-state index contributed by atoms with van der Waals surface area (Å²) in [5.41, 5.74) is 3.00. The summed E-state index contributed by atoms with van der Waals surface area (Å²) in [5, 5.41) is 14.5. The number of urea groups is 1. The molecule has 2 aromatic rings. The van der Waals surface area contributed by atoms with E-state index < -0.39 is 0 Å². The SMILES string of the molecule is Cc1ccccc1COc1cccc(NC(=O)NCC(C)CCO)c1. The monoisotopic (exact) mass is 342 g/mol. The second-order valence-corrected chi connectivity index (χ2v) is 6.20. The molecule has 5 nitrogen and oxygen atoms in total. The molecule has 5 heteroatoms. The van der Waals surface area contributed by atoms with Gasteiger partial charge in [-0.15, -0.1) is 0 Å². The number of anilines is 1. The van der Waals surface area contributed by atoms with Crippen LogP contribution in [0.4, 0.5) is 10.5 Å². The highest BCUT2D eigenvalue weighted by Gasteiger charge is 2.06. The number of nitrogens with one attached hydrogen (secondary N) is 2. The van der Waals surface area contributed by atoms with Crippen LogP contribution >= 0.6 is 0 Å². The lowest BCUT2D eigenvalue weighted by molar-refractivity contribution is 0.243. The van der Waals surface area contributed by atoms with Gasteiger partial charge in [0.05, 0.1) is 0 Å². The zero-order valence-electron chi connectivity index (χ0n) is 14.8. The van der Waals surface area contributed by atoms with Crippen LogP contribution in [-0.4, -0.2) is 24.3 Å². The van der Waals surface area contributed by atoms with Gasteiger partial charge in [0, 0.05) is 24.9 Å². The fourth-order valence-electron chi connectivity index (χ4n) is 2.36. The largest absolute Gasteiger partial charge is 0.489 e.